The van der Waals surface area contributed by atoms with Crippen molar-refractivity contribution in [1.82, 2.24) is 9.38 Å². The molecular formula is C25H32N4O. The number of hydrogen-bond acceptors (Lipinski definition) is 4. The molecule has 0 radical (unpaired) electrons. The maximum Gasteiger partial charge on any atom is 0.258 e. The molecule has 1 aromatic carbocycles. The van der Waals surface area contributed by atoms with Crippen molar-refractivity contribution in [2.45, 2.75) is 47.0 Å². The van der Waals surface area contributed by atoms with Gasteiger partial charge in [0.1, 0.15) is 5.65 Å². The summed E-state index contributed by atoms with van der Waals surface area (Å²) in [4.78, 5) is 20.0. The molecule has 0 saturated heterocycles. The Hall–Kier alpha value is -2.95. The Balaban J connectivity index is 1.95. The summed E-state index contributed by atoms with van der Waals surface area (Å²) in [7, 11) is 0. The highest BCUT2D eigenvalue weighted by Gasteiger charge is 2.11. The number of benzene rings is 1. The normalized spacial score (nSPS) is 11.2. The molecule has 30 heavy (non-hydrogen) atoms. The Morgan fingerprint density at radius 3 is 2.67 bits per heavy atom. The highest BCUT2D eigenvalue weighted by Crippen LogP contribution is 2.21. The number of aryl methyl sites for hydroxylation is 1. The zero-order chi connectivity index (χ0) is 21.7. The molecule has 0 aliphatic carbocycles. The molecule has 0 saturated carbocycles. The van der Waals surface area contributed by atoms with Crippen molar-refractivity contribution in [2.24, 2.45) is 5.92 Å². The Labute approximate surface area is 178 Å². The van der Waals surface area contributed by atoms with E-state index in [0.29, 0.717) is 17.3 Å². The predicted octanol–water partition coefficient (Wildman–Crippen LogP) is 5.32. The van der Waals surface area contributed by atoms with E-state index in [1.54, 1.807) is 10.5 Å². The topological polar surface area (TPSA) is 61.5 Å². The molecule has 3 rings (SSSR count). The number of nitrogens with zero attached hydrogens (tertiary/aromatic N) is 3. The second kappa shape index (κ2) is 9.70. The fourth-order valence-electron chi connectivity index (χ4n) is 3.71. The van der Waals surface area contributed by atoms with E-state index in [9.17, 15) is 4.79 Å². The standard InChI is InChI=1S/C25H32N4O/c1-5-12-28(13-6-7-18(2)3)22-10-11-24-27-23(15-25(30)29(24)17-22)20-9-8-19(4)21(14-20)16-26/h8-11,14-18,26H,5-7,12-13H2,1-4H3. The summed E-state index contributed by atoms with van der Waals surface area (Å²) in [5, 5.41) is 7.57. The number of rotatable bonds is 9. The molecule has 2 heterocycles. The average Bonchev–Trinajstić information content (AvgIpc) is 2.73. The first-order chi connectivity index (χ1) is 14.4. The molecule has 0 fully saturated rings. The average molecular weight is 405 g/mol. The lowest BCUT2D eigenvalue weighted by Crippen LogP contribution is -2.26. The molecule has 2 aromatic heterocycles. The number of pyridine rings is 1. The first-order valence-electron chi connectivity index (χ1n) is 10.8. The lowest BCUT2D eigenvalue weighted by molar-refractivity contribution is 0.548. The van der Waals surface area contributed by atoms with Crippen molar-refractivity contribution >= 4 is 17.5 Å². The van der Waals surface area contributed by atoms with Gasteiger partial charge in [0.05, 0.1) is 11.4 Å². The van der Waals surface area contributed by atoms with Crippen LogP contribution in [0.5, 0.6) is 0 Å². The van der Waals surface area contributed by atoms with Gasteiger partial charge in [-0.3, -0.25) is 9.20 Å². The number of fused-ring (bicyclic) bond motifs is 1. The Kier molecular flexibility index (Phi) is 7.03. The monoisotopic (exact) mass is 404 g/mol. The van der Waals surface area contributed by atoms with E-state index in [4.69, 9.17) is 10.4 Å². The zero-order valence-electron chi connectivity index (χ0n) is 18.5. The van der Waals surface area contributed by atoms with Crippen LogP contribution in [0.4, 0.5) is 5.69 Å². The van der Waals surface area contributed by atoms with Gasteiger partial charge in [-0.1, -0.05) is 32.9 Å². The van der Waals surface area contributed by atoms with Gasteiger partial charge in [-0.2, -0.15) is 0 Å². The molecule has 3 aromatic rings. The zero-order valence-corrected chi connectivity index (χ0v) is 18.5. The van der Waals surface area contributed by atoms with E-state index in [0.717, 1.165) is 48.3 Å². The van der Waals surface area contributed by atoms with Crippen LogP contribution in [0.25, 0.3) is 16.9 Å². The minimum absolute atomic E-state index is 0.0903. The molecule has 0 spiro atoms. The van der Waals surface area contributed by atoms with Crippen LogP contribution >= 0.6 is 0 Å². The Morgan fingerprint density at radius 1 is 1.17 bits per heavy atom. The molecule has 0 aliphatic heterocycles. The van der Waals surface area contributed by atoms with Gasteiger partial charge >= 0.3 is 0 Å². The highest BCUT2D eigenvalue weighted by molar-refractivity contribution is 5.82. The van der Waals surface area contributed by atoms with E-state index in [-0.39, 0.29) is 5.56 Å². The molecule has 5 nitrogen and oxygen atoms in total. The highest BCUT2D eigenvalue weighted by atomic mass is 16.1. The summed E-state index contributed by atoms with van der Waals surface area (Å²) in [6.45, 7) is 10.6. The summed E-state index contributed by atoms with van der Waals surface area (Å²) in [6, 6.07) is 11.4. The lowest BCUT2D eigenvalue weighted by atomic mass is 10.0. The van der Waals surface area contributed by atoms with Crippen LogP contribution < -0.4 is 10.5 Å². The molecule has 5 heteroatoms. The van der Waals surface area contributed by atoms with E-state index in [1.165, 1.54) is 12.6 Å². The van der Waals surface area contributed by atoms with Gasteiger partial charge in [0.25, 0.3) is 5.56 Å². The molecular weight excluding hydrogens is 372 g/mol. The maximum atomic E-state index is 12.9. The third-order valence-electron chi connectivity index (χ3n) is 5.44. The summed E-state index contributed by atoms with van der Waals surface area (Å²) in [5.41, 5.74) is 4.96. The van der Waals surface area contributed by atoms with Gasteiger partial charge in [-0.15, -0.1) is 0 Å². The van der Waals surface area contributed by atoms with Crippen LogP contribution in [-0.4, -0.2) is 28.7 Å². The molecule has 1 N–H and O–H groups in total. The van der Waals surface area contributed by atoms with E-state index in [2.05, 4.69) is 31.7 Å². The van der Waals surface area contributed by atoms with Crippen LogP contribution in [0.3, 0.4) is 0 Å². The molecule has 0 atom stereocenters. The summed E-state index contributed by atoms with van der Waals surface area (Å²) in [6.07, 6.45) is 6.66. The molecule has 0 aliphatic rings. The fraction of sp³-hybridized carbons (Fsp3) is 0.400. The number of hydrogen-bond donors (Lipinski definition) is 1. The van der Waals surface area contributed by atoms with Crippen molar-refractivity contribution in [3.8, 4) is 11.3 Å². The van der Waals surface area contributed by atoms with Gasteiger partial charge in [0.2, 0.25) is 0 Å². The van der Waals surface area contributed by atoms with Gasteiger partial charge < -0.3 is 10.3 Å². The van der Waals surface area contributed by atoms with Crippen LogP contribution in [0.1, 0.15) is 51.2 Å². The lowest BCUT2D eigenvalue weighted by Gasteiger charge is -2.25. The molecule has 0 unspecified atom stereocenters. The van der Waals surface area contributed by atoms with Gasteiger partial charge in [0.15, 0.2) is 0 Å². The second-order valence-corrected chi connectivity index (χ2v) is 8.33. The Bertz CT molecular complexity index is 1080. The predicted molar refractivity (Wildman–Crippen MR) is 126 cm³/mol. The SMILES string of the molecule is CCCN(CCCC(C)C)c1ccc2nc(-c3ccc(C)c(C=N)c3)cc(=O)n2c1. The van der Waals surface area contributed by atoms with Crippen LogP contribution in [0.15, 0.2) is 47.4 Å². The quantitative estimate of drug-likeness (QED) is 0.491. The molecule has 0 bridgehead atoms. The van der Waals surface area contributed by atoms with E-state index >= 15 is 0 Å². The maximum absolute atomic E-state index is 12.9. The summed E-state index contributed by atoms with van der Waals surface area (Å²) < 4.78 is 1.63. The minimum atomic E-state index is -0.0903. The molecule has 158 valence electrons. The van der Waals surface area contributed by atoms with E-state index in [1.807, 2.05) is 37.4 Å². The van der Waals surface area contributed by atoms with Gasteiger partial charge in [-0.05, 0) is 61.4 Å². The fourth-order valence-corrected chi connectivity index (χ4v) is 3.71. The van der Waals surface area contributed by atoms with Crippen molar-refractivity contribution in [2.75, 3.05) is 18.0 Å². The molecule has 0 amide bonds. The van der Waals surface area contributed by atoms with Crippen LogP contribution in [0.2, 0.25) is 0 Å². The van der Waals surface area contributed by atoms with Gasteiger partial charge in [0, 0.05) is 37.1 Å². The minimum Gasteiger partial charge on any atom is -0.370 e. The number of aromatic nitrogens is 2. The van der Waals surface area contributed by atoms with Crippen LogP contribution in [0, 0.1) is 18.3 Å². The third-order valence-corrected chi connectivity index (χ3v) is 5.44. The first-order valence-corrected chi connectivity index (χ1v) is 10.8. The third kappa shape index (κ3) is 4.96. The van der Waals surface area contributed by atoms with Crippen molar-refractivity contribution < 1.29 is 0 Å². The van der Waals surface area contributed by atoms with Gasteiger partial charge in [-0.25, -0.2) is 4.98 Å². The smallest absolute Gasteiger partial charge is 0.258 e. The Morgan fingerprint density at radius 2 is 1.97 bits per heavy atom. The first kappa shape index (κ1) is 21.8. The largest absolute Gasteiger partial charge is 0.370 e. The van der Waals surface area contributed by atoms with Crippen molar-refractivity contribution in [1.29, 1.82) is 5.41 Å². The van der Waals surface area contributed by atoms with E-state index < -0.39 is 0 Å². The second-order valence-electron chi connectivity index (χ2n) is 8.33. The number of nitrogens with one attached hydrogen (secondary N) is 1. The van der Waals surface area contributed by atoms with Crippen molar-refractivity contribution in [3.05, 3.63) is 64.1 Å². The van der Waals surface area contributed by atoms with Crippen LogP contribution in [-0.2, 0) is 0 Å². The van der Waals surface area contributed by atoms with Crippen molar-refractivity contribution in [3.63, 3.8) is 0 Å². The summed E-state index contributed by atoms with van der Waals surface area (Å²) >= 11 is 0. The number of anilines is 1. The summed E-state index contributed by atoms with van der Waals surface area (Å²) in [5.74, 6) is 0.699.